The third-order valence-corrected chi connectivity index (χ3v) is 4.73. The van der Waals surface area contributed by atoms with Gasteiger partial charge in [-0.25, -0.2) is 0 Å². The van der Waals surface area contributed by atoms with Gasteiger partial charge in [-0.05, 0) is 49.9 Å². The molecule has 5 nitrogen and oxygen atoms in total. The van der Waals surface area contributed by atoms with Crippen molar-refractivity contribution in [3.8, 4) is 0 Å². The van der Waals surface area contributed by atoms with Crippen molar-refractivity contribution in [1.82, 2.24) is 0 Å². The molecule has 1 aromatic carbocycles. The van der Waals surface area contributed by atoms with Gasteiger partial charge in [-0.3, -0.25) is 9.59 Å². The molecular weight excluding hydrogens is 302 g/mol. The van der Waals surface area contributed by atoms with Crippen molar-refractivity contribution in [3.63, 3.8) is 0 Å². The van der Waals surface area contributed by atoms with E-state index in [1.54, 1.807) is 0 Å². The van der Waals surface area contributed by atoms with Crippen LogP contribution < -0.4 is 16.4 Å². The Balaban J connectivity index is 2.10. The van der Waals surface area contributed by atoms with E-state index >= 15 is 0 Å². The standard InChI is InChI=1S/C19H29N3O2/c1-12-8-9-14(10-16(12)22-18(24)19(2,3)4)21-17(23)15-7-5-6-13(15)11-20/h8-10,13,15H,5-7,11,20H2,1-4H3,(H,21,23)(H,22,24)/t13-,15-/m1/s1. The first-order chi connectivity index (χ1) is 11.2. The Labute approximate surface area is 144 Å². The number of carbonyl (C=O) groups is 2. The lowest BCUT2D eigenvalue weighted by Gasteiger charge is -2.20. The molecule has 0 heterocycles. The Morgan fingerprint density at radius 2 is 1.92 bits per heavy atom. The molecule has 1 saturated carbocycles. The fourth-order valence-electron chi connectivity index (χ4n) is 3.04. The van der Waals surface area contributed by atoms with Crippen LogP contribution in [0.1, 0.15) is 45.6 Å². The molecule has 0 radical (unpaired) electrons. The molecule has 0 aromatic heterocycles. The van der Waals surface area contributed by atoms with Crippen molar-refractivity contribution < 1.29 is 9.59 Å². The Morgan fingerprint density at radius 1 is 1.21 bits per heavy atom. The summed E-state index contributed by atoms with van der Waals surface area (Å²) < 4.78 is 0. The number of rotatable bonds is 4. The van der Waals surface area contributed by atoms with Crippen molar-refractivity contribution in [1.29, 1.82) is 0 Å². The van der Waals surface area contributed by atoms with E-state index in [0.717, 1.165) is 30.5 Å². The quantitative estimate of drug-likeness (QED) is 0.791. The summed E-state index contributed by atoms with van der Waals surface area (Å²) in [4.78, 5) is 24.7. The molecule has 24 heavy (non-hydrogen) atoms. The van der Waals surface area contributed by atoms with Gasteiger partial charge in [-0.2, -0.15) is 0 Å². The summed E-state index contributed by atoms with van der Waals surface area (Å²) in [6.45, 7) is 8.10. The normalized spacial score (nSPS) is 20.7. The predicted molar refractivity (Wildman–Crippen MR) is 97.8 cm³/mol. The molecule has 2 amide bonds. The minimum atomic E-state index is -0.468. The lowest BCUT2D eigenvalue weighted by Crippen LogP contribution is -2.30. The van der Waals surface area contributed by atoms with E-state index in [9.17, 15) is 9.59 Å². The number of nitrogens with one attached hydrogen (secondary N) is 2. The minimum Gasteiger partial charge on any atom is -0.330 e. The van der Waals surface area contributed by atoms with E-state index in [4.69, 9.17) is 5.73 Å². The first-order valence-corrected chi connectivity index (χ1v) is 8.65. The minimum absolute atomic E-state index is 0.0103. The fraction of sp³-hybridized carbons (Fsp3) is 0.579. The smallest absolute Gasteiger partial charge is 0.229 e. The first-order valence-electron chi connectivity index (χ1n) is 8.65. The van der Waals surface area contributed by atoms with Gasteiger partial charge in [0, 0.05) is 22.7 Å². The van der Waals surface area contributed by atoms with Crippen LogP contribution in [0, 0.1) is 24.2 Å². The molecule has 0 bridgehead atoms. The second-order valence-corrected chi connectivity index (χ2v) is 7.76. The summed E-state index contributed by atoms with van der Waals surface area (Å²) in [6.07, 6.45) is 2.98. The van der Waals surface area contributed by atoms with Gasteiger partial charge in [-0.1, -0.05) is 33.3 Å². The molecule has 0 spiro atoms. The van der Waals surface area contributed by atoms with E-state index in [0.29, 0.717) is 12.2 Å². The summed E-state index contributed by atoms with van der Waals surface area (Å²) in [6, 6.07) is 5.60. The van der Waals surface area contributed by atoms with E-state index in [1.165, 1.54) is 0 Å². The first kappa shape index (κ1) is 18.5. The SMILES string of the molecule is Cc1ccc(NC(=O)[C@@H]2CCC[C@@H]2CN)cc1NC(=O)C(C)(C)C. The number of benzene rings is 1. The highest BCUT2D eigenvalue weighted by Gasteiger charge is 2.32. The van der Waals surface area contributed by atoms with Gasteiger partial charge in [0.1, 0.15) is 0 Å². The molecule has 0 unspecified atom stereocenters. The Hall–Kier alpha value is -1.88. The van der Waals surface area contributed by atoms with Gasteiger partial charge in [0.2, 0.25) is 11.8 Å². The van der Waals surface area contributed by atoms with Crippen molar-refractivity contribution >= 4 is 23.2 Å². The van der Waals surface area contributed by atoms with Crippen LogP contribution in [0.25, 0.3) is 0 Å². The molecule has 1 aliphatic rings. The molecule has 2 atom stereocenters. The molecule has 1 aliphatic carbocycles. The molecule has 1 aromatic rings. The maximum atomic E-state index is 12.5. The highest BCUT2D eigenvalue weighted by molar-refractivity contribution is 5.97. The average molecular weight is 331 g/mol. The zero-order chi connectivity index (χ0) is 17.9. The summed E-state index contributed by atoms with van der Waals surface area (Å²) in [5, 5.41) is 5.93. The van der Waals surface area contributed by atoms with Gasteiger partial charge < -0.3 is 16.4 Å². The van der Waals surface area contributed by atoms with E-state index in [-0.39, 0.29) is 23.7 Å². The third kappa shape index (κ3) is 4.35. The molecule has 1 fully saturated rings. The highest BCUT2D eigenvalue weighted by Crippen LogP contribution is 2.32. The number of hydrogen-bond donors (Lipinski definition) is 3. The lowest BCUT2D eigenvalue weighted by molar-refractivity contribution is -0.123. The van der Waals surface area contributed by atoms with Crippen LogP contribution in [0.4, 0.5) is 11.4 Å². The zero-order valence-corrected chi connectivity index (χ0v) is 15.1. The van der Waals surface area contributed by atoms with Crippen LogP contribution in [-0.4, -0.2) is 18.4 Å². The van der Waals surface area contributed by atoms with Crippen LogP contribution in [-0.2, 0) is 9.59 Å². The van der Waals surface area contributed by atoms with Crippen LogP contribution in [0.5, 0.6) is 0 Å². The molecule has 132 valence electrons. The molecule has 0 saturated heterocycles. The molecular formula is C19H29N3O2. The predicted octanol–water partition coefficient (Wildman–Crippen LogP) is 3.29. The van der Waals surface area contributed by atoms with Crippen LogP contribution in [0.2, 0.25) is 0 Å². The molecule has 5 heteroatoms. The van der Waals surface area contributed by atoms with Crippen molar-refractivity contribution in [2.75, 3.05) is 17.2 Å². The van der Waals surface area contributed by atoms with E-state index < -0.39 is 5.41 Å². The second kappa shape index (κ2) is 7.34. The Bertz CT molecular complexity index is 620. The molecule has 0 aliphatic heterocycles. The largest absolute Gasteiger partial charge is 0.330 e. The fourth-order valence-corrected chi connectivity index (χ4v) is 3.04. The maximum absolute atomic E-state index is 12.5. The van der Waals surface area contributed by atoms with Gasteiger partial charge in [0.05, 0.1) is 0 Å². The van der Waals surface area contributed by atoms with Crippen LogP contribution in [0.15, 0.2) is 18.2 Å². The number of anilines is 2. The summed E-state index contributed by atoms with van der Waals surface area (Å²) >= 11 is 0. The van der Waals surface area contributed by atoms with Gasteiger partial charge in [0.25, 0.3) is 0 Å². The van der Waals surface area contributed by atoms with Gasteiger partial charge >= 0.3 is 0 Å². The second-order valence-electron chi connectivity index (χ2n) is 7.76. The lowest BCUT2D eigenvalue weighted by atomic mass is 9.95. The number of nitrogens with two attached hydrogens (primary N) is 1. The summed E-state index contributed by atoms with van der Waals surface area (Å²) in [5.74, 6) is 0.243. The van der Waals surface area contributed by atoms with Crippen molar-refractivity contribution in [3.05, 3.63) is 23.8 Å². The van der Waals surface area contributed by atoms with Gasteiger partial charge in [-0.15, -0.1) is 0 Å². The van der Waals surface area contributed by atoms with E-state index in [1.807, 2.05) is 45.9 Å². The number of hydrogen-bond acceptors (Lipinski definition) is 3. The average Bonchev–Trinajstić information content (AvgIpc) is 2.98. The van der Waals surface area contributed by atoms with Crippen molar-refractivity contribution in [2.24, 2.45) is 23.0 Å². The zero-order valence-electron chi connectivity index (χ0n) is 15.1. The van der Waals surface area contributed by atoms with Gasteiger partial charge in [0.15, 0.2) is 0 Å². The summed E-state index contributed by atoms with van der Waals surface area (Å²) in [5.41, 5.74) is 7.70. The van der Waals surface area contributed by atoms with Crippen LogP contribution >= 0.6 is 0 Å². The summed E-state index contributed by atoms with van der Waals surface area (Å²) in [7, 11) is 0. The highest BCUT2D eigenvalue weighted by atomic mass is 16.2. The van der Waals surface area contributed by atoms with E-state index in [2.05, 4.69) is 10.6 Å². The monoisotopic (exact) mass is 331 g/mol. The Kier molecular flexibility index (Phi) is 5.65. The number of aryl methyl sites for hydroxylation is 1. The Morgan fingerprint density at radius 3 is 2.54 bits per heavy atom. The van der Waals surface area contributed by atoms with Crippen molar-refractivity contribution in [2.45, 2.75) is 47.0 Å². The molecule has 4 N–H and O–H groups in total. The maximum Gasteiger partial charge on any atom is 0.229 e. The number of carbonyl (C=O) groups excluding carboxylic acids is 2. The molecule has 2 rings (SSSR count). The topological polar surface area (TPSA) is 84.2 Å². The third-order valence-electron chi connectivity index (χ3n) is 4.73. The van der Waals surface area contributed by atoms with Crippen LogP contribution in [0.3, 0.4) is 0 Å². The number of amides is 2.